The summed E-state index contributed by atoms with van der Waals surface area (Å²) in [6, 6.07) is 11.3. The van der Waals surface area contributed by atoms with Gasteiger partial charge in [-0.05, 0) is 30.2 Å². The molecule has 5 nitrogen and oxygen atoms in total. The lowest BCUT2D eigenvalue weighted by atomic mass is 10.1. The average Bonchev–Trinajstić information content (AvgIpc) is 3.10. The molecular weight excluding hydrogens is 276 g/mol. The van der Waals surface area contributed by atoms with Crippen LogP contribution in [0.3, 0.4) is 0 Å². The van der Waals surface area contributed by atoms with Gasteiger partial charge in [-0.15, -0.1) is 0 Å². The highest BCUT2D eigenvalue weighted by Gasteiger charge is 2.13. The number of hydrogen-bond acceptors (Lipinski definition) is 3. The first-order valence-electron chi connectivity index (χ1n) is 7.10. The molecule has 3 aromatic rings. The summed E-state index contributed by atoms with van der Waals surface area (Å²) in [5.74, 6) is 0.598. The zero-order valence-corrected chi connectivity index (χ0v) is 12.0. The molecule has 0 saturated carbocycles. The fourth-order valence-electron chi connectivity index (χ4n) is 2.27. The third kappa shape index (κ3) is 3.20. The highest BCUT2D eigenvalue weighted by molar-refractivity contribution is 6.00. The van der Waals surface area contributed by atoms with E-state index in [1.807, 2.05) is 30.3 Å². The predicted octanol–water partition coefficient (Wildman–Crippen LogP) is 2.44. The zero-order chi connectivity index (χ0) is 15.2. The molecule has 0 fully saturated rings. The largest absolute Gasteiger partial charge is 0.352 e. The maximum Gasteiger partial charge on any atom is 0.252 e. The number of nitrogens with one attached hydrogen (secondary N) is 2. The van der Waals surface area contributed by atoms with Crippen molar-refractivity contribution in [2.24, 2.45) is 0 Å². The van der Waals surface area contributed by atoms with E-state index in [0.29, 0.717) is 17.9 Å². The fraction of sp³-hybridized carbons (Fsp3) is 0.118. The first kappa shape index (κ1) is 14.0. The summed E-state index contributed by atoms with van der Waals surface area (Å²) in [5.41, 5.74) is 2.57. The molecule has 0 atom stereocenters. The Bertz CT molecular complexity index is 738. The maximum atomic E-state index is 12.4. The number of aromatic amines is 1. The van der Waals surface area contributed by atoms with Gasteiger partial charge in [-0.1, -0.05) is 18.2 Å². The third-order valence-corrected chi connectivity index (χ3v) is 3.37. The summed E-state index contributed by atoms with van der Waals surface area (Å²) in [4.78, 5) is 23.6. The zero-order valence-electron chi connectivity index (χ0n) is 12.0. The Hall–Kier alpha value is -2.95. The number of benzene rings is 1. The molecule has 0 aliphatic heterocycles. The molecule has 5 heteroatoms. The van der Waals surface area contributed by atoms with Crippen LogP contribution < -0.4 is 5.32 Å². The molecule has 0 aliphatic carbocycles. The number of H-pyrrole nitrogens is 1. The van der Waals surface area contributed by atoms with Gasteiger partial charge >= 0.3 is 0 Å². The number of amides is 1. The van der Waals surface area contributed by atoms with E-state index in [1.165, 1.54) is 0 Å². The Morgan fingerprint density at radius 1 is 1.09 bits per heavy atom. The smallest absolute Gasteiger partial charge is 0.252 e. The summed E-state index contributed by atoms with van der Waals surface area (Å²) >= 11 is 0. The predicted molar refractivity (Wildman–Crippen MR) is 84.3 cm³/mol. The Kier molecular flexibility index (Phi) is 4.25. The van der Waals surface area contributed by atoms with Gasteiger partial charge < -0.3 is 10.3 Å². The van der Waals surface area contributed by atoms with Crippen molar-refractivity contribution in [3.8, 4) is 11.4 Å². The number of carbonyl (C=O) groups is 1. The Labute approximate surface area is 128 Å². The molecule has 3 rings (SSSR count). The van der Waals surface area contributed by atoms with Crippen LogP contribution in [0.25, 0.3) is 11.4 Å². The Morgan fingerprint density at radius 2 is 1.91 bits per heavy atom. The number of hydrogen-bond donors (Lipinski definition) is 2. The summed E-state index contributed by atoms with van der Waals surface area (Å²) in [6.45, 7) is 0.579. The van der Waals surface area contributed by atoms with Crippen molar-refractivity contribution in [2.75, 3.05) is 6.54 Å². The van der Waals surface area contributed by atoms with E-state index in [1.54, 1.807) is 30.9 Å². The normalized spacial score (nSPS) is 10.4. The lowest BCUT2D eigenvalue weighted by Crippen LogP contribution is -2.26. The highest BCUT2D eigenvalue weighted by Crippen LogP contribution is 2.19. The van der Waals surface area contributed by atoms with Crippen molar-refractivity contribution >= 4 is 5.91 Å². The second-order valence-corrected chi connectivity index (χ2v) is 4.84. The molecule has 2 heterocycles. The van der Waals surface area contributed by atoms with E-state index < -0.39 is 0 Å². The number of nitrogens with zero attached hydrogens (tertiary/aromatic N) is 2. The monoisotopic (exact) mass is 292 g/mol. The van der Waals surface area contributed by atoms with Crippen molar-refractivity contribution < 1.29 is 4.79 Å². The molecule has 0 saturated heterocycles. The Balaban J connectivity index is 1.68. The molecular formula is C17H16N4O. The van der Waals surface area contributed by atoms with Gasteiger partial charge in [-0.25, -0.2) is 4.98 Å². The van der Waals surface area contributed by atoms with Crippen LogP contribution in [0.1, 0.15) is 15.9 Å². The summed E-state index contributed by atoms with van der Waals surface area (Å²) in [7, 11) is 0. The number of imidazole rings is 1. The molecule has 110 valence electrons. The number of carbonyl (C=O) groups excluding carboxylic acids is 1. The van der Waals surface area contributed by atoms with E-state index in [-0.39, 0.29) is 5.91 Å². The Morgan fingerprint density at radius 3 is 2.68 bits per heavy atom. The highest BCUT2D eigenvalue weighted by atomic mass is 16.1. The van der Waals surface area contributed by atoms with Crippen molar-refractivity contribution in [2.45, 2.75) is 6.42 Å². The van der Waals surface area contributed by atoms with E-state index in [2.05, 4.69) is 20.3 Å². The van der Waals surface area contributed by atoms with Gasteiger partial charge in [0.1, 0.15) is 5.82 Å². The molecule has 1 aromatic carbocycles. The van der Waals surface area contributed by atoms with Crippen LogP contribution in [0.5, 0.6) is 0 Å². The van der Waals surface area contributed by atoms with Crippen molar-refractivity contribution in [3.63, 3.8) is 0 Å². The first-order chi connectivity index (χ1) is 10.8. The van der Waals surface area contributed by atoms with Gasteiger partial charge in [0.15, 0.2) is 0 Å². The van der Waals surface area contributed by atoms with Gasteiger partial charge in [0, 0.05) is 36.9 Å². The van der Waals surface area contributed by atoms with E-state index in [9.17, 15) is 4.79 Å². The summed E-state index contributed by atoms with van der Waals surface area (Å²) in [5, 5.41) is 2.95. The molecule has 1 amide bonds. The number of aromatic nitrogens is 3. The molecule has 0 aliphatic rings. The van der Waals surface area contributed by atoms with Crippen LogP contribution in [0, 0.1) is 0 Å². The van der Waals surface area contributed by atoms with Crippen molar-refractivity contribution in [1.82, 2.24) is 20.3 Å². The minimum absolute atomic E-state index is 0.0962. The molecule has 22 heavy (non-hydrogen) atoms. The SMILES string of the molecule is O=C(NCCc1ccncc1)c1ccccc1-c1ncc[nH]1. The molecule has 2 N–H and O–H groups in total. The number of pyridine rings is 1. The number of rotatable bonds is 5. The van der Waals surface area contributed by atoms with Crippen LogP contribution >= 0.6 is 0 Å². The van der Waals surface area contributed by atoms with Crippen LogP contribution in [0.15, 0.2) is 61.2 Å². The van der Waals surface area contributed by atoms with Gasteiger partial charge in [0.2, 0.25) is 0 Å². The third-order valence-electron chi connectivity index (χ3n) is 3.37. The van der Waals surface area contributed by atoms with E-state index in [0.717, 1.165) is 17.5 Å². The van der Waals surface area contributed by atoms with E-state index >= 15 is 0 Å². The van der Waals surface area contributed by atoms with Gasteiger partial charge in [-0.3, -0.25) is 9.78 Å². The van der Waals surface area contributed by atoms with Crippen LogP contribution in [-0.4, -0.2) is 27.4 Å². The van der Waals surface area contributed by atoms with Crippen LogP contribution in [0.4, 0.5) is 0 Å². The lowest BCUT2D eigenvalue weighted by molar-refractivity contribution is 0.0954. The van der Waals surface area contributed by atoms with Crippen LogP contribution in [0.2, 0.25) is 0 Å². The minimum atomic E-state index is -0.0962. The first-order valence-corrected chi connectivity index (χ1v) is 7.10. The molecule has 0 spiro atoms. The standard InChI is InChI=1S/C17H16N4O/c22-17(21-10-7-13-5-8-18-9-6-13)15-4-2-1-3-14(15)16-19-11-12-20-16/h1-6,8-9,11-12H,7,10H2,(H,19,20)(H,21,22). The second kappa shape index (κ2) is 6.67. The van der Waals surface area contributed by atoms with Gasteiger partial charge in [0.05, 0.1) is 5.56 Å². The molecule has 0 unspecified atom stereocenters. The summed E-state index contributed by atoms with van der Waals surface area (Å²) in [6.07, 6.45) is 7.70. The minimum Gasteiger partial charge on any atom is -0.352 e. The average molecular weight is 292 g/mol. The molecule has 0 radical (unpaired) electrons. The second-order valence-electron chi connectivity index (χ2n) is 4.84. The fourth-order valence-corrected chi connectivity index (χ4v) is 2.27. The van der Waals surface area contributed by atoms with Gasteiger partial charge in [0.25, 0.3) is 5.91 Å². The molecule has 0 bridgehead atoms. The quantitative estimate of drug-likeness (QED) is 0.759. The topological polar surface area (TPSA) is 70.7 Å². The summed E-state index contributed by atoms with van der Waals surface area (Å²) < 4.78 is 0. The van der Waals surface area contributed by atoms with Crippen molar-refractivity contribution in [3.05, 3.63) is 72.3 Å². The maximum absolute atomic E-state index is 12.4. The van der Waals surface area contributed by atoms with Crippen molar-refractivity contribution in [1.29, 1.82) is 0 Å². The van der Waals surface area contributed by atoms with E-state index in [4.69, 9.17) is 0 Å². The van der Waals surface area contributed by atoms with Crippen LogP contribution in [-0.2, 0) is 6.42 Å². The van der Waals surface area contributed by atoms with Gasteiger partial charge in [-0.2, -0.15) is 0 Å². The molecule has 2 aromatic heterocycles. The lowest BCUT2D eigenvalue weighted by Gasteiger charge is -2.08.